The Balaban J connectivity index is 1.88. The van der Waals surface area contributed by atoms with Crippen molar-refractivity contribution < 1.29 is 14.3 Å². The predicted octanol–water partition coefficient (Wildman–Crippen LogP) is 4.35. The lowest BCUT2D eigenvalue weighted by molar-refractivity contribution is -0.114. The molecule has 29 heavy (non-hydrogen) atoms. The predicted molar refractivity (Wildman–Crippen MR) is 118 cm³/mol. The molecule has 1 aliphatic heterocycles. The van der Waals surface area contributed by atoms with Gasteiger partial charge in [-0.15, -0.1) is 0 Å². The van der Waals surface area contributed by atoms with E-state index in [1.54, 1.807) is 6.92 Å². The molecule has 0 aromatic heterocycles. The molecule has 0 aliphatic carbocycles. The molecule has 0 fully saturated rings. The number of hydrogen-bond acceptors (Lipinski definition) is 4. The lowest BCUT2D eigenvalue weighted by Crippen LogP contribution is -2.44. The summed E-state index contributed by atoms with van der Waals surface area (Å²) in [5, 5.41) is 6.71. The van der Waals surface area contributed by atoms with Gasteiger partial charge < -0.3 is 20.1 Å². The molecule has 2 N–H and O–H groups in total. The van der Waals surface area contributed by atoms with Gasteiger partial charge in [0, 0.05) is 11.3 Å². The van der Waals surface area contributed by atoms with Crippen LogP contribution in [0.15, 0.2) is 53.7 Å². The molecule has 0 radical (unpaired) electrons. The summed E-state index contributed by atoms with van der Waals surface area (Å²) in [6.07, 6.45) is 0. The number of ether oxygens (including phenoxy) is 2. The Bertz CT molecular complexity index is 951. The van der Waals surface area contributed by atoms with Crippen LogP contribution in [-0.4, -0.2) is 17.5 Å². The molecular weight excluding hydrogens is 384 g/mol. The fourth-order valence-corrected chi connectivity index (χ4v) is 3.62. The van der Waals surface area contributed by atoms with Gasteiger partial charge in [0.15, 0.2) is 22.4 Å². The van der Waals surface area contributed by atoms with Crippen LogP contribution >= 0.6 is 12.2 Å². The van der Waals surface area contributed by atoms with E-state index in [1.807, 2.05) is 32.0 Å². The number of Topliss-reactive ketones (excluding diaryl/α,β-unsaturated/α-hetero) is 1. The van der Waals surface area contributed by atoms with Crippen molar-refractivity contribution in [1.29, 1.82) is 0 Å². The maximum atomic E-state index is 12.2. The summed E-state index contributed by atoms with van der Waals surface area (Å²) in [7, 11) is 0. The first kappa shape index (κ1) is 20.9. The van der Waals surface area contributed by atoms with Crippen molar-refractivity contribution in [2.75, 3.05) is 6.61 Å². The summed E-state index contributed by atoms with van der Waals surface area (Å²) in [5.74, 6) is 1.30. The molecule has 6 heteroatoms. The van der Waals surface area contributed by atoms with Gasteiger partial charge in [-0.1, -0.05) is 35.9 Å². The SMILES string of the molecule is CCOc1cc(C2NC(=S)NC(C)=C2C(C)=O)ccc1OCc1ccc(C)cc1. The van der Waals surface area contributed by atoms with Gasteiger partial charge >= 0.3 is 0 Å². The van der Waals surface area contributed by atoms with Crippen LogP contribution in [0, 0.1) is 6.92 Å². The average Bonchev–Trinajstić information content (AvgIpc) is 2.67. The first-order valence-corrected chi connectivity index (χ1v) is 10.0. The van der Waals surface area contributed by atoms with E-state index in [9.17, 15) is 4.79 Å². The topological polar surface area (TPSA) is 59.6 Å². The molecule has 1 aliphatic rings. The number of thiocarbonyl (C=S) groups is 1. The number of carbonyl (C=O) groups excluding carboxylic acids is 1. The Morgan fingerprint density at radius 2 is 1.79 bits per heavy atom. The minimum Gasteiger partial charge on any atom is -0.490 e. The zero-order chi connectivity index (χ0) is 21.0. The van der Waals surface area contributed by atoms with Crippen LogP contribution in [-0.2, 0) is 11.4 Å². The van der Waals surface area contributed by atoms with Gasteiger partial charge in [-0.2, -0.15) is 0 Å². The summed E-state index contributed by atoms with van der Waals surface area (Å²) < 4.78 is 11.8. The van der Waals surface area contributed by atoms with Crippen LogP contribution < -0.4 is 20.1 Å². The van der Waals surface area contributed by atoms with Crippen LogP contribution in [0.1, 0.15) is 43.5 Å². The number of nitrogens with one attached hydrogen (secondary N) is 2. The van der Waals surface area contributed by atoms with Gasteiger partial charge in [-0.05, 0) is 63.2 Å². The number of rotatable bonds is 7. The molecule has 0 saturated carbocycles. The molecule has 1 heterocycles. The highest BCUT2D eigenvalue weighted by Gasteiger charge is 2.28. The largest absolute Gasteiger partial charge is 0.490 e. The number of hydrogen-bond donors (Lipinski definition) is 2. The standard InChI is InChI=1S/C23H26N2O3S/c1-5-27-20-12-18(22-21(16(4)26)15(3)24-23(29)25-22)10-11-19(20)28-13-17-8-6-14(2)7-9-17/h6-12,22H,5,13H2,1-4H3,(H2,24,25,29). The van der Waals surface area contributed by atoms with Crippen molar-refractivity contribution in [3.05, 3.63) is 70.4 Å². The van der Waals surface area contributed by atoms with Gasteiger partial charge in [-0.3, -0.25) is 4.79 Å². The van der Waals surface area contributed by atoms with E-state index < -0.39 is 0 Å². The molecule has 2 aromatic rings. The van der Waals surface area contributed by atoms with Gasteiger partial charge in [0.25, 0.3) is 0 Å². The van der Waals surface area contributed by atoms with Gasteiger partial charge in [0.2, 0.25) is 0 Å². The van der Waals surface area contributed by atoms with Gasteiger partial charge in [0.05, 0.1) is 12.6 Å². The molecule has 0 amide bonds. The van der Waals surface area contributed by atoms with Crippen LogP contribution in [0.5, 0.6) is 11.5 Å². The Labute approximate surface area is 177 Å². The van der Waals surface area contributed by atoms with E-state index in [2.05, 4.69) is 41.8 Å². The summed E-state index contributed by atoms with van der Waals surface area (Å²) in [5.41, 5.74) is 4.62. The van der Waals surface area contributed by atoms with E-state index in [0.717, 1.165) is 16.8 Å². The maximum absolute atomic E-state index is 12.2. The van der Waals surface area contributed by atoms with E-state index in [-0.39, 0.29) is 11.8 Å². The monoisotopic (exact) mass is 410 g/mol. The molecule has 1 atom stereocenters. The first-order chi connectivity index (χ1) is 13.9. The van der Waals surface area contributed by atoms with Crippen molar-refractivity contribution in [2.45, 2.75) is 40.3 Å². The van der Waals surface area contributed by atoms with E-state index in [4.69, 9.17) is 21.7 Å². The molecule has 152 valence electrons. The highest BCUT2D eigenvalue weighted by Crippen LogP contribution is 2.35. The highest BCUT2D eigenvalue weighted by molar-refractivity contribution is 7.80. The summed E-state index contributed by atoms with van der Waals surface area (Å²) in [6.45, 7) is 8.37. The number of ketones is 1. The smallest absolute Gasteiger partial charge is 0.171 e. The van der Waals surface area contributed by atoms with Crippen molar-refractivity contribution in [3.63, 3.8) is 0 Å². The van der Waals surface area contributed by atoms with Crippen LogP contribution in [0.3, 0.4) is 0 Å². The number of carbonyl (C=O) groups is 1. The van der Waals surface area contributed by atoms with Crippen molar-refractivity contribution in [2.24, 2.45) is 0 Å². The minimum absolute atomic E-state index is 0.00680. The maximum Gasteiger partial charge on any atom is 0.171 e. The van der Waals surface area contributed by atoms with Crippen LogP contribution in [0.2, 0.25) is 0 Å². The molecule has 5 nitrogen and oxygen atoms in total. The number of benzene rings is 2. The zero-order valence-electron chi connectivity index (χ0n) is 17.2. The Kier molecular flexibility index (Phi) is 6.54. The molecule has 3 rings (SSSR count). The third kappa shape index (κ3) is 4.95. The van der Waals surface area contributed by atoms with E-state index >= 15 is 0 Å². The summed E-state index contributed by atoms with van der Waals surface area (Å²) in [6, 6.07) is 13.6. The second-order valence-electron chi connectivity index (χ2n) is 7.04. The van der Waals surface area contributed by atoms with E-state index in [1.165, 1.54) is 5.56 Å². The molecule has 1 unspecified atom stereocenters. The molecular formula is C23H26N2O3S. The molecule has 2 aromatic carbocycles. The number of allylic oxidation sites excluding steroid dienone is 1. The summed E-state index contributed by atoms with van der Waals surface area (Å²) in [4.78, 5) is 12.2. The van der Waals surface area contributed by atoms with Crippen LogP contribution in [0.25, 0.3) is 0 Å². The third-order valence-corrected chi connectivity index (χ3v) is 4.98. The normalized spacial score (nSPS) is 16.1. The zero-order valence-corrected chi connectivity index (χ0v) is 18.0. The van der Waals surface area contributed by atoms with Crippen molar-refractivity contribution in [3.8, 4) is 11.5 Å². The van der Waals surface area contributed by atoms with Crippen molar-refractivity contribution >= 4 is 23.1 Å². The van der Waals surface area contributed by atoms with Crippen LogP contribution in [0.4, 0.5) is 0 Å². The minimum atomic E-state index is -0.327. The quantitative estimate of drug-likeness (QED) is 0.662. The molecule has 0 bridgehead atoms. The molecule has 0 saturated heterocycles. The Morgan fingerprint density at radius 1 is 1.07 bits per heavy atom. The van der Waals surface area contributed by atoms with E-state index in [0.29, 0.717) is 35.4 Å². The second kappa shape index (κ2) is 9.09. The number of aryl methyl sites for hydroxylation is 1. The second-order valence-corrected chi connectivity index (χ2v) is 7.45. The fourth-order valence-electron chi connectivity index (χ4n) is 3.35. The Morgan fingerprint density at radius 3 is 2.45 bits per heavy atom. The lowest BCUT2D eigenvalue weighted by Gasteiger charge is -2.30. The third-order valence-electron chi connectivity index (χ3n) is 4.76. The average molecular weight is 411 g/mol. The lowest BCUT2D eigenvalue weighted by atomic mass is 9.93. The van der Waals surface area contributed by atoms with Gasteiger partial charge in [-0.25, -0.2) is 0 Å². The van der Waals surface area contributed by atoms with Gasteiger partial charge in [0.1, 0.15) is 6.61 Å². The first-order valence-electron chi connectivity index (χ1n) is 9.63. The highest BCUT2D eigenvalue weighted by atomic mass is 32.1. The molecule has 0 spiro atoms. The summed E-state index contributed by atoms with van der Waals surface area (Å²) >= 11 is 5.29. The fraction of sp³-hybridized carbons (Fsp3) is 0.304. The van der Waals surface area contributed by atoms with Crippen molar-refractivity contribution in [1.82, 2.24) is 10.6 Å². The Hall–Kier alpha value is -2.86.